The van der Waals surface area contributed by atoms with Crippen LogP contribution in [0.2, 0.25) is 5.02 Å². The van der Waals surface area contributed by atoms with Crippen LogP contribution in [0.1, 0.15) is 21.6 Å². The molecule has 1 atom stereocenters. The second-order valence-corrected chi connectivity index (χ2v) is 6.29. The lowest BCUT2D eigenvalue weighted by atomic mass is 10.1. The zero-order chi connectivity index (χ0) is 14.2. The fourth-order valence-electron chi connectivity index (χ4n) is 1.42. The Morgan fingerprint density at radius 2 is 2.05 bits per heavy atom. The Morgan fingerprint density at radius 3 is 2.63 bits per heavy atom. The highest BCUT2D eigenvalue weighted by molar-refractivity contribution is 14.1. The van der Waals surface area contributed by atoms with Gasteiger partial charge in [-0.05, 0) is 40.8 Å². The van der Waals surface area contributed by atoms with Crippen LogP contribution in [0.4, 0.5) is 13.2 Å². The second kappa shape index (κ2) is 5.55. The molecule has 0 fully saturated rings. The summed E-state index contributed by atoms with van der Waals surface area (Å²) in [5.74, 6) is 0. The van der Waals surface area contributed by atoms with Gasteiger partial charge in [-0.1, -0.05) is 11.6 Å². The van der Waals surface area contributed by atoms with Gasteiger partial charge in [0.1, 0.15) is 6.10 Å². The largest absolute Gasteiger partial charge is 0.443 e. The summed E-state index contributed by atoms with van der Waals surface area (Å²) in [4.78, 5) is 3.42. The summed E-state index contributed by atoms with van der Waals surface area (Å²) < 4.78 is 38.1. The van der Waals surface area contributed by atoms with Crippen LogP contribution < -0.4 is 0 Å². The number of hydrogen-bond acceptors (Lipinski definition) is 3. The van der Waals surface area contributed by atoms with Crippen LogP contribution in [-0.4, -0.2) is 10.1 Å². The molecule has 0 amide bonds. The zero-order valence-electron chi connectivity index (χ0n) is 9.08. The van der Waals surface area contributed by atoms with Crippen molar-refractivity contribution >= 4 is 45.5 Å². The molecule has 1 aromatic carbocycles. The number of halogens is 5. The minimum Gasteiger partial charge on any atom is -0.383 e. The van der Waals surface area contributed by atoms with Crippen molar-refractivity contribution in [3.8, 4) is 0 Å². The molecule has 102 valence electrons. The summed E-state index contributed by atoms with van der Waals surface area (Å²) in [5, 5.41) is 9.55. The molecule has 0 saturated carbocycles. The topological polar surface area (TPSA) is 33.1 Å². The predicted octanol–water partition coefficient (Wildman–Crippen LogP) is 4.50. The Labute approximate surface area is 129 Å². The SMILES string of the molecule is OC(c1cnc(C(F)(F)F)s1)c1cc(Cl)ccc1I. The quantitative estimate of drug-likeness (QED) is 0.727. The van der Waals surface area contributed by atoms with Crippen LogP contribution in [0, 0.1) is 3.57 Å². The van der Waals surface area contributed by atoms with E-state index in [0.29, 0.717) is 21.9 Å². The van der Waals surface area contributed by atoms with E-state index in [1.807, 2.05) is 22.6 Å². The molecule has 0 saturated heterocycles. The van der Waals surface area contributed by atoms with Crippen molar-refractivity contribution in [1.82, 2.24) is 4.98 Å². The summed E-state index contributed by atoms with van der Waals surface area (Å²) in [5.41, 5.74) is 0.463. The van der Waals surface area contributed by atoms with Crippen LogP contribution in [-0.2, 0) is 6.18 Å². The summed E-state index contributed by atoms with van der Waals surface area (Å²) in [7, 11) is 0. The molecule has 2 nitrogen and oxygen atoms in total. The molecule has 0 radical (unpaired) electrons. The van der Waals surface area contributed by atoms with E-state index in [1.165, 1.54) is 6.07 Å². The lowest BCUT2D eigenvalue weighted by Gasteiger charge is -2.11. The molecule has 0 aliphatic carbocycles. The Morgan fingerprint density at radius 1 is 1.37 bits per heavy atom. The molecule has 0 bridgehead atoms. The maximum Gasteiger partial charge on any atom is 0.443 e. The van der Waals surface area contributed by atoms with Crippen molar-refractivity contribution in [2.75, 3.05) is 0 Å². The second-order valence-electron chi connectivity index (χ2n) is 3.63. The summed E-state index contributed by atoms with van der Waals surface area (Å²) >= 11 is 8.23. The van der Waals surface area contributed by atoms with Gasteiger partial charge in [-0.2, -0.15) is 13.2 Å². The van der Waals surface area contributed by atoms with Crippen LogP contribution in [0.25, 0.3) is 0 Å². The molecular formula is C11H6ClF3INOS. The van der Waals surface area contributed by atoms with Gasteiger partial charge in [0, 0.05) is 20.4 Å². The number of aliphatic hydroxyl groups is 1. The third-order valence-corrected chi connectivity index (χ3v) is 4.60. The van der Waals surface area contributed by atoms with Gasteiger partial charge in [0.15, 0.2) is 5.01 Å². The van der Waals surface area contributed by atoms with Gasteiger partial charge in [0.05, 0.1) is 4.88 Å². The number of aromatic nitrogens is 1. The van der Waals surface area contributed by atoms with Crippen molar-refractivity contribution in [3.05, 3.63) is 48.4 Å². The Bertz CT molecular complexity index is 602. The van der Waals surface area contributed by atoms with Crippen LogP contribution in [0.15, 0.2) is 24.4 Å². The van der Waals surface area contributed by atoms with Crippen molar-refractivity contribution < 1.29 is 18.3 Å². The maximum atomic E-state index is 12.5. The first-order valence-corrected chi connectivity index (χ1v) is 7.22. The first-order chi connectivity index (χ1) is 8.79. The number of benzene rings is 1. The van der Waals surface area contributed by atoms with Gasteiger partial charge < -0.3 is 5.11 Å². The number of nitrogens with zero attached hydrogens (tertiary/aromatic N) is 1. The molecule has 1 aromatic heterocycles. The van der Waals surface area contributed by atoms with E-state index in [1.54, 1.807) is 12.1 Å². The van der Waals surface area contributed by atoms with Gasteiger partial charge in [0.25, 0.3) is 0 Å². The molecule has 19 heavy (non-hydrogen) atoms. The number of hydrogen-bond donors (Lipinski definition) is 1. The highest BCUT2D eigenvalue weighted by Crippen LogP contribution is 2.37. The Kier molecular flexibility index (Phi) is 4.38. The van der Waals surface area contributed by atoms with Crippen LogP contribution >= 0.6 is 45.5 Å². The van der Waals surface area contributed by atoms with Crippen molar-refractivity contribution in [2.45, 2.75) is 12.3 Å². The van der Waals surface area contributed by atoms with E-state index >= 15 is 0 Å². The van der Waals surface area contributed by atoms with E-state index in [-0.39, 0.29) is 4.88 Å². The molecule has 0 aliphatic heterocycles. The average Bonchev–Trinajstić information content (AvgIpc) is 2.80. The zero-order valence-corrected chi connectivity index (χ0v) is 12.8. The van der Waals surface area contributed by atoms with Crippen molar-refractivity contribution in [3.63, 3.8) is 0 Å². The third-order valence-electron chi connectivity index (χ3n) is 2.29. The minimum absolute atomic E-state index is 0.132. The molecule has 2 rings (SSSR count). The standard InChI is InChI=1S/C11H6ClF3INOS/c12-5-1-2-7(16)6(3-5)9(18)8-4-17-10(19-8)11(13,14)15/h1-4,9,18H. The van der Waals surface area contributed by atoms with Crippen LogP contribution in [0.3, 0.4) is 0 Å². The molecule has 0 aliphatic rings. The van der Waals surface area contributed by atoms with Gasteiger partial charge in [-0.3, -0.25) is 0 Å². The van der Waals surface area contributed by atoms with Gasteiger partial charge in [-0.15, -0.1) is 11.3 Å². The smallest absolute Gasteiger partial charge is 0.383 e. The Balaban J connectivity index is 2.36. The number of alkyl halides is 3. The monoisotopic (exact) mass is 419 g/mol. The molecule has 0 spiro atoms. The van der Waals surface area contributed by atoms with Crippen molar-refractivity contribution in [2.24, 2.45) is 0 Å². The molecule has 1 N–H and O–H groups in total. The number of rotatable bonds is 2. The third kappa shape index (κ3) is 3.39. The predicted molar refractivity (Wildman–Crippen MR) is 75.3 cm³/mol. The highest BCUT2D eigenvalue weighted by Gasteiger charge is 2.35. The lowest BCUT2D eigenvalue weighted by molar-refractivity contribution is -0.137. The molecule has 1 heterocycles. The highest BCUT2D eigenvalue weighted by atomic mass is 127. The van der Waals surface area contributed by atoms with Crippen molar-refractivity contribution in [1.29, 1.82) is 0 Å². The van der Waals surface area contributed by atoms with E-state index in [9.17, 15) is 18.3 Å². The first kappa shape index (κ1) is 15.0. The Hall–Kier alpha value is -0.380. The van der Waals surface area contributed by atoms with E-state index in [2.05, 4.69) is 4.98 Å². The summed E-state index contributed by atoms with van der Waals surface area (Å²) in [6.45, 7) is 0. The average molecular weight is 420 g/mol. The lowest BCUT2D eigenvalue weighted by Crippen LogP contribution is -2.03. The molecule has 2 aromatic rings. The molecule has 8 heteroatoms. The summed E-state index contributed by atoms with van der Waals surface area (Å²) in [6, 6.07) is 4.86. The van der Waals surface area contributed by atoms with Gasteiger partial charge in [0.2, 0.25) is 0 Å². The van der Waals surface area contributed by atoms with Gasteiger partial charge >= 0.3 is 6.18 Å². The van der Waals surface area contributed by atoms with E-state index in [0.717, 1.165) is 9.77 Å². The van der Waals surface area contributed by atoms with Crippen LogP contribution in [0.5, 0.6) is 0 Å². The minimum atomic E-state index is -4.50. The van der Waals surface area contributed by atoms with E-state index in [4.69, 9.17) is 11.6 Å². The first-order valence-electron chi connectivity index (χ1n) is 4.95. The fourth-order valence-corrected chi connectivity index (χ4v) is 3.02. The normalized spacial score (nSPS) is 13.6. The maximum absolute atomic E-state index is 12.5. The molecule has 1 unspecified atom stereocenters. The number of aliphatic hydroxyl groups excluding tert-OH is 1. The fraction of sp³-hybridized carbons (Fsp3) is 0.182. The van der Waals surface area contributed by atoms with Gasteiger partial charge in [-0.25, -0.2) is 4.98 Å². The number of thiazole rings is 1. The summed E-state index contributed by atoms with van der Waals surface area (Å²) in [6.07, 6.45) is -4.63. The van der Waals surface area contributed by atoms with E-state index < -0.39 is 17.3 Å². The molecular weight excluding hydrogens is 414 g/mol.